The molecule has 0 saturated heterocycles. The van der Waals surface area contributed by atoms with Gasteiger partial charge in [-0.3, -0.25) is 10.1 Å². The molecule has 1 aliphatic heterocycles. The summed E-state index contributed by atoms with van der Waals surface area (Å²) in [6.45, 7) is 4.02. The second-order valence-electron chi connectivity index (χ2n) is 8.62. The van der Waals surface area contributed by atoms with E-state index in [1.54, 1.807) is 6.07 Å². The third-order valence-electron chi connectivity index (χ3n) is 5.56. The number of guanidine groups is 1. The fourth-order valence-electron chi connectivity index (χ4n) is 4.22. The Balaban J connectivity index is 1.57. The molecular formula is C23H22N4O4. The number of carbonyl (C=O) groups excluding carboxylic acids is 1. The number of nitrogens with one attached hydrogen (secondary N) is 2. The van der Waals surface area contributed by atoms with Gasteiger partial charge in [0.1, 0.15) is 11.3 Å². The van der Waals surface area contributed by atoms with Crippen LogP contribution < -0.4 is 10.6 Å². The van der Waals surface area contributed by atoms with E-state index in [1.807, 2.05) is 38.1 Å². The number of hydrogen-bond acceptors (Lipinski definition) is 8. The number of Topliss-reactive ketones (excluding diaryl/α,β-unsaturated/α-hetero) is 1. The van der Waals surface area contributed by atoms with Crippen LogP contribution in [0.15, 0.2) is 63.6 Å². The minimum atomic E-state index is -0.575. The average molecular weight is 418 g/mol. The highest BCUT2D eigenvalue weighted by Crippen LogP contribution is 2.43. The number of phenols is 2. The van der Waals surface area contributed by atoms with E-state index in [-0.39, 0.29) is 28.7 Å². The number of anilines is 1. The number of nitrogens with zero attached hydrogens (tertiary/aromatic N) is 2. The minimum Gasteiger partial charge on any atom is -0.504 e. The summed E-state index contributed by atoms with van der Waals surface area (Å²) >= 11 is 0. The molecule has 2 heterocycles. The van der Waals surface area contributed by atoms with Crippen LogP contribution >= 0.6 is 0 Å². The lowest BCUT2D eigenvalue weighted by Gasteiger charge is -2.38. The molecule has 1 aliphatic carbocycles. The fraction of sp³-hybridized carbons (Fsp3) is 0.261. The predicted molar refractivity (Wildman–Crippen MR) is 116 cm³/mol. The Morgan fingerprint density at radius 2 is 1.97 bits per heavy atom. The van der Waals surface area contributed by atoms with E-state index in [9.17, 15) is 15.0 Å². The Bertz CT molecular complexity index is 1220. The number of hydrogen-bond donors (Lipinski definition) is 4. The third kappa shape index (κ3) is 3.50. The fourth-order valence-corrected chi connectivity index (χ4v) is 4.22. The number of aliphatic imine (C=N–C) groups is 1. The zero-order valence-electron chi connectivity index (χ0n) is 17.1. The summed E-state index contributed by atoms with van der Waals surface area (Å²) in [6.07, 6.45) is 2.45. The van der Waals surface area contributed by atoms with Crippen molar-refractivity contribution in [2.24, 2.45) is 16.3 Å². The smallest absolute Gasteiger partial charge is 0.302 e. The number of allylic oxidation sites excluding steroid dienone is 1. The van der Waals surface area contributed by atoms with Gasteiger partial charge in [-0.1, -0.05) is 38.1 Å². The Kier molecular flexibility index (Phi) is 4.25. The van der Waals surface area contributed by atoms with Crippen LogP contribution in [-0.4, -0.2) is 26.9 Å². The second kappa shape index (κ2) is 6.87. The van der Waals surface area contributed by atoms with E-state index < -0.39 is 12.0 Å². The normalized spacial score (nSPS) is 22.3. The number of para-hydroxylation sites is 2. The van der Waals surface area contributed by atoms with Gasteiger partial charge in [0, 0.05) is 12.1 Å². The molecule has 8 heteroatoms. The molecule has 3 aromatic rings. The van der Waals surface area contributed by atoms with Crippen molar-refractivity contribution in [3.8, 4) is 11.5 Å². The van der Waals surface area contributed by atoms with Gasteiger partial charge in [-0.15, -0.1) is 0 Å². The van der Waals surface area contributed by atoms with Gasteiger partial charge in [0.05, 0.1) is 12.0 Å². The van der Waals surface area contributed by atoms with Crippen LogP contribution in [0, 0.1) is 11.3 Å². The van der Waals surface area contributed by atoms with Crippen LogP contribution in [0.4, 0.5) is 6.01 Å². The van der Waals surface area contributed by atoms with E-state index in [0.717, 1.165) is 5.70 Å². The first kappa shape index (κ1) is 19.2. The highest BCUT2D eigenvalue weighted by atomic mass is 16.4. The molecule has 0 bridgehead atoms. The summed E-state index contributed by atoms with van der Waals surface area (Å²) in [5, 5.41) is 26.0. The molecule has 0 spiro atoms. The minimum absolute atomic E-state index is 0.0669. The number of ketones is 1. The first-order chi connectivity index (χ1) is 14.8. The Hall–Kier alpha value is -3.81. The molecule has 0 fully saturated rings. The second-order valence-corrected chi connectivity index (χ2v) is 8.62. The van der Waals surface area contributed by atoms with Crippen LogP contribution in [0.1, 0.15) is 31.9 Å². The summed E-state index contributed by atoms with van der Waals surface area (Å²) in [7, 11) is 0. The van der Waals surface area contributed by atoms with E-state index in [4.69, 9.17) is 9.41 Å². The van der Waals surface area contributed by atoms with Crippen LogP contribution in [0.2, 0.25) is 0 Å². The molecule has 0 amide bonds. The van der Waals surface area contributed by atoms with Crippen molar-refractivity contribution in [2.45, 2.75) is 26.3 Å². The Labute approximate surface area is 178 Å². The summed E-state index contributed by atoms with van der Waals surface area (Å²) in [4.78, 5) is 22.2. The number of fused-ring (bicyclic) bond motifs is 2. The lowest BCUT2D eigenvalue weighted by Crippen LogP contribution is -2.45. The molecule has 2 aliphatic rings. The molecule has 158 valence electrons. The van der Waals surface area contributed by atoms with Crippen LogP contribution in [0.3, 0.4) is 0 Å². The number of carbonyl (C=O) groups is 1. The maximum absolute atomic E-state index is 13.0. The molecule has 8 nitrogen and oxygen atoms in total. The Morgan fingerprint density at radius 1 is 1.16 bits per heavy atom. The third-order valence-corrected chi connectivity index (χ3v) is 5.56. The molecule has 2 aromatic carbocycles. The molecule has 5 rings (SSSR count). The first-order valence-corrected chi connectivity index (χ1v) is 10.0. The average Bonchev–Trinajstić information content (AvgIpc) is 3.10. The van der Waals surface area contributed by atoms with Crippen molar-refractivity contribution < 1.29 is 19.4 Å². The van der Waals surface area contributed by atoms with Crippen LogP contribution in [0.5, 0.6) is 11.5 Å². The topological polar surface area (TPSA) is 120 Å². The molecule has 0 unspecified atom stereocenters. The van der Waals surface area contributed by atoms with Gasteiger partial charge < -0.3 is 19.9 Å². The van der Waals surface area contributed by atoms with Gasteiger partial charge in [-0.2, -0.15) is 4.98 Å². The number of rotatable bonds is 2. The molecule has 0 radical (unpaired) electrons. The van der Waals surface area contributed by atoms with Gasteiger partial charge in [0.2, 0.25) is 5.96 Å². The van der Waals surface area contributed by atoms with E-state index >= 15 is 0 Å². The molecular weight excluding hydrogens is 396 g/mol. The summed E-state index contributed by atoms with van der Waals surface area (Å²) < 4.78 is 5.74. The van der Waals surface area contributed by atoms with Crippen molar-refractivity contribution >= 4 is 28.9 Å². The van der Waals surface area contributed by atoms with Crippen molar-refractivity contribution in [3.63, 3.8) is 0 Å². The quantitative estimate of drug-likeness (QED) is 0.467. The lowest BCUT2D eigenvalue weighted by molar-refractivity contribution is -0.124. The lowest BCUT2D eigenvalue weighted by atomic mass is 9.72. The highest BCUT2D eigenvalue weighted by molar-refractivity contribution is 5.98. The Morgan fingerprint density at radius 3 is 2.74 bits per heavy atom. The monoisotopic (exact) mass is 418 g/mol. The van der Waals surface area contributed by atoms with Gasteiger partial charge in [0.15, 0.2) is 17.1 Å². The van der Waals surface area contributed by atoms with E-state index in [2.05, 4.69) is 21.7 Å². The number of benzene rings is 2. The van der Waals surface area contributed by atoms with E-state index in [0.29, 0.717) is 29.0 Å². The van der Waals surface area contributed by atoms with Crippen molar-refractivity contribution in [3.05, 3.63) is 59.8 Å². The maximum atomic E-state index is 13.0. The summed E-state index contributed by atoms with van der Waals surface area (Å²) in [6, 6.07) is 11.6. The number of aromatic nitrogens is 1. The zero-order valence-corrected chi connectivity index (χ0v) is 17.1. The number of aromatic hydroxyl groups is 2. The first-order valence-electron chi connectivity index (χ1n) is 10.0. The zero-order chi connectivity index (χ0) is 21.8. The van der Waals surface area contributed by atoms with Gasteiger partial charge >= 0.3 is 6.01 Å². The highest BCUT2D eigenvalue weighted by Gasteiger charge is 2.42. The van der Waals surface area contributed by atoms with Gasteiger partial charge in [-0.05, 0) is 35.2 Å². The van der Waals surface area contributed by atoms with Crippen molar-refractivity contribution in [2.75, 3.05) is 5.32 Å². The summed E-state index contributed by atoms with van der Waals surface area (Å²) in [5.74, 6) is -0.535. The molecule has 2 atom stereocenters. The van der Waals surface area contributed by atoms with Gasteiger partial charge in [-0.25, -0.2) is 4.99 Å². The predicted octanol–water partition coefficient (Wildman–Crippen LogP) is 3.85. The molecule has 0 saturated carbocycles. The van der Waals surface area contributed by atoms with Crippen LogP contribution in [-0.2, 0) is 4.79 Å². The summed E-state index contributed by atoms with van der Waals surface area (Å²) in [5.41, 5.74) is 2.43. The van der Waals surface area contributed by atoms with E-state index in [1.165, 1.54) is 12.1 Å². The molecule has 4 N–H and O–H groups in total. The number of oxazole rings is 1. The molecule has 1 aromatic heterocycles. The largest absolute Gasteiger partial charge is 0.504 e. The van der Waals surface area contributed by atoms with Crippen molar-refractivity contribution in [1.82, 2.24) is 10.3 Å². The molecule has 31 heavy (non-hydrogen) atoms. The maximum Gasteiger partial charge on any atom is 0.302 e. The SMILES string of the molecule is CC1(C)C=C2NC(Nc3nc4ccccc4o3)=N[C@@H](c3ccc(O)c(O)c3)[C@H]2C(=O)C1. The van der Waals surface area contributed by atoms with Gasteiger partial charge in [0.25, 0.3) is 0 Å². The van der Waals surface area contributed by atoms with Crippen molar-refractivity contribution in [1.29, 1.82) is 0 Å². The number of phenolic OH excluding ortho intramolecular Hbond substituents is 2. The van der Waals surface area contributed by atoms with Crippen LogP contribution in [0.25, 0.3) is 11.1 Å². The standard InChI is InChI=1S/C23H22N4O4/c1-23(2)10-14-19(17(30)11-23)20(12-7-8-15(28)16(29)9-12)26-21(24-14)27-22-25-13-5-3-4-6-18(13)31-22/h3-10,19-20,28-29H,11H2,1-2H3,(H2,24,25,26,27)/t19-,20+/m1/s1.